The van der Waals surface area contributed by atoms with Gasteiger partial charge in [-0.2, -0.15) is 0 Å². The zero-order valence-corrected chi connectivity index (χ0v) is 18.4. The van der Waals surface area contributed by atoms with E-state index in [-0.39, 0.29) is 0 Å². The van der Waals surface area contributed by atoms with Crippen LogP contribution in [0.15, 0.2) is 53.9 Å². The Bertz CT molecular complexity index is 958. The number of carbonyl (C=O) groups is 1. The molecule has 1 aliphatic carbocycles. The second-order valence-electron chi connectivity index (χ2n) is 8.15. The number of rotatable bonds is 8. The summed E-state index contributed by atoms with van der Waals surface area (Å²) < 4.78 is 6.08. The van der Waals surface area contributed by atoms with Gasteiger partial charge < -0.3 is 9.64 Å². The van der Waals surface area contributed by atoms with Crippen LogP contribution in [0.1, 0.15) is 55.5 Å². The summed E-state index contributed by atoms with van der Waals surface area (Å²) in [5, 5.41) is 3.12. The molecule has 1 fully saturated rings. The fourth-order valence-electron chi connectivity index (χ4n) is 3.80. The molecule has 30 heavy (non-hydrogen) atoms. The van der Waals surface area contributed by atoms with Gasteiger partial charge in [0.1, 0.15) is 12.0 Å². The molecule has 5 heteroatoms. The lowest BCUT2D eigenvalue weighted by atomic mass is 10.1. The van der Waals surface area contributed by atoms with E-state index in [4.69, 9.17) is 9.72 Å². The van der Waals surface area contributed by atoms with Crippen molar-refractivity contribution in [1.82, 2.24) is 4.98 Å². The Morgan fingerprint density at radius 3 is 2.43 bits per heavy atom. The van der Waals surface area contributed by atoms with Crippen LogP contribution in [-0.2, 0) is 6.54 Å². The fraction of sp³-hybridized carbons (Fsp3) is 0.360. The van der Waals surface area contributed by atoms with Crippen molar-refractivity contribution in [1.29, 1.82) is 0 Å². The first-order chi connectivity index (χ1) is 14.6. The molecule has 156 valence electrons. The van der Waals surface area contributed by atoms with Gasteiger partial charge in [0.2, 0.25) is 0 Å². The normalized spacial score (nSPS) is 14.2. The Labute approximate surface area is 182 Å². The van der Waals surface area contributed by atoms with E-state index >= 15 is 0 Å². The molecule has 2 aromatic carbocycles. The molecule has 0 saturated heterocycles. The quantitative estimate of drug-likeness (QED) is 0.398. The van der Waals surface area contributed by atoms with E-state index in [2.05, 4.69) is 48.4 Å². The van der Waals surface area contributed by atoms with Crippen molar-refractivity contribution in [2.24, 2.45) is 0 Å². The lowest BCUT2D eigenvalue weighted by molar-refractivity contribution is 0.112. The Hall–Kier alpha value is -2.66. The average Bonchev–Trinajstić information content (AvgIpc) is 3.45. The number of aldehydes is 1. The van der Waals surface area contributed by atoms with Crippen LogP contribution in [0.2, 0.25) is 0 Å². The molecule has 0 amide bonds. The minimum Gasteiger partial charge on any atom is -0.490 e. The molecular formula is C25H28N2O2S. The molecule has 0 atom stereocenters. The molecule has 3 aromatic rings. The Kier molecular flexibility index (Phi) is 6.48. The van der Waals surface area contributed by atoms with Crippen molar-refractivity contribution in [3.8, 4) is 17.0 Å². The molecule has 0 spiro atoms. The molecule has 4 nitrogen and oxygen atoms in total. The van der Waals surface area contributed by atoms with Gasteiger partial charge in [0.05, 0.1) is 11.8 Å². The molecule has 0 unspecified atom stereocenters. The number of thiazole rings is 1. The number of aromatic nitrogens is 1. The minimum absolute atomic E-state index is 0.317. The summed E-state index contributed by atoms with van der Waals surface area (Å²) in [6.45, 7) is 5.12. The van der Waals surface area contributed by atoms with Crippen molar-refractivity contribution in [2.45, 2.75) is 58.2 Å². The third kappa shape index (κ3) is 4.90. The lowest BCUT2D eigenvalue weighted by Gasteiger charge is -2.26. The van der Waals surface area contributed by atoms with Crippen molar-refractivity contribution in [3.63, 3.8) is 0 Å². The van der Waals surface area contributed by atoms with E-state index in [0.29, 0.717) is 17.7 Å². The third-order valence-corrected chi connectivity index (χ3v) is 6.46. The van der Waals surface area contributed by atoms with Crippen molar-refractivity contribution < 1.29 is 9.53 Å². The first kappa shape index (κ1) is 20.6. The Morgan fingerprint density at radius 2 is 1.80 bits per heavy atom. The van der Waals surface area contributed by atoms with Crippen LogP contribution in [-0.4, -0.2) is 23.4 Å². The largest absolute Gasteiger partial charge is 0.490 e. The zero-order valence-electron chi connectivity index (χ0n) is 17.6. The number of anilines is 1. The second kappa shape index (κ2) is 9.43. The summed E-state index contributed by atoms with van der Waals surface area (Å²) >= 11 is 1.67. The van der Waals surface area contributed by atoms with Gasteiger partial charge in [-0.15, -0.1) is 11.3 Å². The monoisotopic (exact) mass is 420 g/mol. The van der Waals surface area contributed by atoms with E-state index in [9.17, 15) is 4.79 Å². The highest BCUT2D eigenvalue weighted by Crippen LogP contribution is 2.31. The summed E-state index contributed by atoms with van der Waals surface area (Å²) in [4.78, 5) is 18.1. The van der Waals surface area contributed by atoms with E-state index in [0.717, 1.165) is 35.0 Å². The average molecular weight is 421 g/mol. The summed E-state index contributed by atoms with van der Waals surface area (Å²) in [6.07, 6.45) is 6.14. The molecule has 1 saturated carbocycles. The van der Waals surface area contributed by atoms with Crippen LogP contribution in [0, 0.1) is 0 Å². The van der Waals surface area contributed by atoms with Crippen molar-refractivity contribution >= 4 is 22.8 Å². The maximum absolute atomic E-state index is 10.9. The third-order valence-electron chi connectivity index (χ3n) is 5.58. The standard InChI is InChI=1S/C25H28N2O2S/c1-18(2)27(15-19-7-9-20(16-28)10-8-19)25-26-24(17-30-25)21-11-13-23(14-12-21)29-22-5-3-4-6-22/h7-14,16-18,22H,3-6,15H2,1-2H3. The maximum Gasteiger partial charge on any atom is 0.186 e. The molecule has 1 aromatic heterocycles. The Balaban J connectivity index is 1.47. The van der Waals surface area contributed by atoms with Gasteiger partial charge in [-0.3, -0.25) is 4.79 Å². The second-order valence-corrected chi connectivity index (χ2v) is 8.98. The highest BCUT2D eigenvalue weighted by Gasteiger charge is 2.18. The van der Waals surface area contributed by atoms with Gasteiger partial charge in [0.25, 0.3) is 0 Å². The summed E-state index contributed by atoms with van der Waals surface area (Å²) in [7, 11) is 0. The molecule has 4 rings (SSSR count). The van der Waals surface area contributed by atoms with Gasteiger partial charge in [-0.05, 0) is 69.4 Å². The molecule has 0 aliphatic heterocycles. The van der Waals surface area contributed by atoms with Crippen LogP contribution in [0.25, 0.3) is 11.3 Å². The molecule has 0 N–H and O–H groups in total. The summed E-state index contributed by atoms with van der Waals surface area (Å²) in [6, 6.07) is 16.4. The van der Waals surface area contributed by atoms with E-state index in [1.54, 1.807) is 11.3 Å². The van der Waals surface area contributed by atoms with Crippen LogP contribution in [0.4, 0.5) is 5.13 Å². The minimum atomic E-state index is 0.317. The number of carbonyl (C=O) groups excluding carboxylic acids is 1. The SMILES string of the molecule is CC(C)N(Cc1ccc(C=O)cc1)c1nc(-c2ccc(OC3CCCC3)cc2)cs1. The van der Waals surface area contributed by atoms with Crippen LogP contribution in [0.3, 0.4) is 0 Å². The molecule has 1 heterocycles. The highest BCUT2D eigenvalue weighted by atomic mass is 32.1. The van der Waals surface area contributed by atoms with Crippen molar-refractivity contribution in [3.05, 3.63) is 65.0 Å². The first-order valence-corrected chi connectivity index (χ1v) is 11.5. The van der Waals surface area contributed by atoms with E-state index in [1.807, 2.05) is 24.3 Å². The zero-order chi connectivity index (χ0) is 20.9. The lowest BCUT2D eigenvalue weighted by Crippen LogP contribution is -2.30. The predicted molar refractivity (Wildman–Crippen MR) is 124 cm³/mol. The number of hydrogen-bond acceptors (Lipinski definition) is 5. The first-order valence-electron chi connectivity index (χ1n) is 10.7. The Morgan fingerprint density at radius 1 is 1.10 bits per heavy atom. The number of benzene rings is 2. The van der Waals surface area contributed by atoms with Gasteiger partial charge >= 0.3 is 0 Å². The van der Waals surface area contributed by atoms with E-state index < -0.39 is 0 Å². The molecule has 1 aliphatic rings. The number of ether oxygens (including phenoxy) is 1. The molecule has 0 bridgehead atoms. The maximum atomic E-state index is 10.9. The summed E-state index contributed by atoms with van der Waals surface area (Å²) in [5.41, 5.74) is 3.96. The number of nitrogens with zero attached hydrogens (tertiary/aromatic N) is 2. The highest BCUT2D eigenvalue weighted by molar-refractivity contribution is 7.14. The summed E-state index contributed by atoms with van der Waals surface area (Å²) in [5.74, 6) is 0.948. The number of hydrogen-bond donors (Lipinski definition) is 0. The predicted octanol–water partition coefficient (Wildman–Crippen LogP) is 6.36. The van der Waals surface area contributed by atoms with E-state index in [1.165, 1.54) is 31.2 Å². The van der Waals surface area contributed by atoms with Gasteiger partial charge in [-0.25, -0.2) is 4.98 Å². The van der Waals surface area contributed by atoms with Crippen molar-refractivity contribution in [2.75, 3.05) is 4.90 Å². The topological polar surface area (TPSA) is 42.4 Å². The van der Waals surface area contributed by atoms with Gasteiger partial charge in [0.15, 0.2) is 5.13 Å². The smallest absolute Gasteiger partial charge is 0.186 e. The fourth-order valence-corrected chi connectivity index (χ4v) is 4.77. The molecular weight excluding hydrogens is 392 g/mol. The van der Waals surface area contributed by atoms with Gasteiger partial charge in [-0.1, -0.05) is 24.3 Å². The van der Waals surface area contributed by atoms with Crippen LogP contribution in [0.5, 0.6) is 5.75 Å². The van der Waals surface area contributed by atoms with Gasteiger partial charge in [0, 0.05) is 29.1 Å². The van der Waals surface area contributed by atoms with Crippen LogP contribution >= 0.6 is 11.3 Å². The van der Waals surface area contributed by atoms with Crippen LogP contribution < -0.4 is 9.64 Å². The molecule has 0 radical (unpaired) electrons.